The van der Waals surface area contributed by atoms with Gasteiger partial charge in [-0.1, -0.05) is 11.6 Å². The van der Waals surface area contributed by atoms with E-state index in [0.717, 1.165) is 18.4 Å². The van der Waals surface area contributed by atoms with Crippen LogP contribution in [-0.2, 0) is 6.54 Å². The molecule has 1 aliphatic rings. The van der Waals surface area contributed by atoms with Crippen LogP contribution in [0.2, 0.25) is 5.02 Å². The SMILES string of the molecule is Cc1nc(C(=O)N(Cc2nnc(-c3ccc(Cl)cc3)o2)C2CC2)nn1-c1ccc(F)cc1. The molecule has 8 nitrogen and oxygen atoms in total. The van der Waals surface area contributed by atoms with Crippen molar-refractivity contribution in [1.82, 2.24) is 29.9 Å². The predicted molar refractivity (Wildman–Crippen MR) is 114 cm³/mol. The van der Waals surface area contributed by atoms with Crippen LogP contribution in [0.1, 0.15) is 35.2 Å². The molecule has 0 saturated heterocycles. The summed E-state index contributed by atoms with van der Waals surface area (Å²) in [5.74, 6) is 0.608. The number of amides is 1. The van der Waals surface area contributed by atoms with Gasteiger partial charge < -0.3 is 9.32 Å². The molecule has 0 N–H and O–H groups in total. The number of benzene rings is 2. The number of hydrogen-bond donors (Lipinski definition) is 0. The molecular weight excluding hydrogens is 435 g/mol. The largest absolute Gasteiger partial charge is 0.419 e. The van der Waals surface area contributed by atoms with Gasteiger partial charge in [-0.2, -0.15) is 0 Å². The van der Waals surface area contributed by atoms with Crippen LogP contribution in [0.4, 0.5) is 4.39 Å². The number of carbonyl (C=O) groups excluding carboxylic acids is 1. The molecule has 2 heterocycles. The third-order valence-corrected chi connectivity index (χ3v) is 5.40. The van der Waals surface area contributed by atoms with Crippen LogP contribution in [0.25, 0.3) is 17.1 Å². The zero-order chi connectivity index (χ0) is 22.2. The van der Waals surface area contributed by atoms with E-state index in [1.807, 2.05) is 0 Å². The van der Waals surface area contributed by atoms with Crippen molar-refractivity contribution in [2.24, 2.45) is 0 Å². The van der Waals surface area contributed by atoms with E-state index in [-0.39, 0.29) is 30.1 Å². The summed E-state index contributed by atoms with van der Waals surface area (Å²) in [6, 6.07) is 13.0. The summed E-state index contributed by atoms with van der Waals surface area (Å²) in [4.78, 5) is 19.2. The van der Waals surface area contributed by atoms with Crippen molar-refractivity contribution in [3.05, 3.63) is 76.9 Å². The van der Waals surface area contributed by atoms with Crippen LogP contribution >= 0.6 is 11.6 Å². The fourth-order valence-corrected chi connectivity index (χ4v) is 3.49. The van der Waals surface area contributed by atoms with Gasteiger partial charge in [-0.15, -0.1) is 15.3 Å². The Morgan fingerprint density at radius 1 is 1.16 bits per heavy atom. The minimum Gasteiger partial charge on any atom is -0.419 e. The maximum absolute atomic E-state index is 13.2. The monoisotopic (exact) mass is 452 g/mol. The van der Waals surface area contributed by atoms with E-state index in [4.69, 9.17) is 16.0 Å². The highest BCUT2D eigenvalue weighted by Gasteiger charge is 2.36. The van der Waals surface area contributed by atoms with Gasteiger partial charge >= 0.3 is 0 Å². The van der Waals surface area contributed by atoms with E-state index in [0.29, 0.717) is 28.3 Å². The highest BCUT2D eigenvalue weighted by atomic mass is 35.5. The fourth-order valence-electron chi connectivity index (χ4n) is 3.36. The summed E-state index contributed by atoms with van der Waals surface area (Å²) in [6.45, 7) is 1.90. The van der Waals surface area contributed by atoms with Crippen molar-refractivity contribution >= 4 is 17.5 Å². The Morgan fingerprint density at radius 2 is 1.88 bits per heavy atom. The van der Waals surface area contributed by atoms with Gasteiger partial charge in [0.15, 0.2) is 0 Å². The molecule has 162 valence electrons. The standard InChI is InChI=1S/C22H18ClFN6O2/c1-13-25-20(28-30(13)18-8-6-16(24)7-9-18)22(31)29(17-10-11-17)12-19-26-27-21(32-19)14-2-4-15(23)5-3-14/h2-9,17H,10-12H2,1H3. The Kier molecular flexibility index (Phi) is 5.18. The summed E-state index contributed by atoms with van der Waals surface area (Å²) >= 11 is 5.93. The number of hydrogen-bond acceptors (Lipinski definition) is 6. The molecule has 1 amide bonds. The molecule has 5 rings (SSSR count). The molecule has 4 aromatic rings. The zero-order valence-corrected chi connectivity index (χ0v) is 17.8. The van der Waals surface area contributed by atoms with Gasteiger partial charge in [0.1, 0.15) is 11.6 Å². The van der Waals surface area contributed by atoms with Gasteiger partial charge in [-0.3, -0.25) is 4.79 Å². The van der Waals surface area contributed by atoms with Crippen LogP contribution in [0.15, 0.2) is 52.9 Å². The average Bonchev–Trinajstić information content (AvgIpc) is 3.40. The lowest BCUT2D eigenvalue weighted by molar-refractivity contribution is 0.0702. The van der Waals surface area contributed by atoms with Crippen molar-refractivity contribution < 1.29 is 13.6 Å². The predicted octanol–water partition coefficient (Wildman–Crippen LogP) is 4.22. The second-order valence-electron chi connectivity index (χ2n) is 7.54. The van der Waals surface area contributed by atoms with Crippen molar-refractivity contribution in [2.75, 3.05) is 0 Å². The Balaban J connectivity index is 1.37. The molecule has 1 aliphatic carbocycles. The van der Waals surface area contributed by atoms with Crippen LogP contribution in [0, 0.1) is 12.7 Å². The molecule has 0 spiro atoms. The van der Waals surface area contributed by atoms with Gasteiger partial charge in [0.2, 0.25) is 17.6 Å². The number of halogens is 2. The first-order valence-corrected chi connectivity index (χ1v) is 10.4. The smallest absolute Gasteiger partial charge is 0.294 e. The molecule has 2 aromatic carbocycles. The molecule has 0 bridgehead atoms. The minimum absolute atomic E-state index is 0.0659. The van der Waals surface area contributed by atoms with Crippen LogP contribution in [-0.4, -0.2) is 41.8 Å². The lowest BCUT2D eigenvalue weighted by Crippen LogP contribution is -2.33. The lowest BCUT2D eigenvalue weighted by Gasteiger charge is -2.18. The molecule has 1 saturated carbocycles. The first-order valence-electron chi connectivity index (χ1n) is 10.1. The number of nitrogens with zero attached hydrogens (tertiary/aromatic N) is 6. The maximum Gasteiger partial charge on any atom is 0.294 e. The normalized spacial score (nSPS) is 13.3. The van der Waals surface area contributed by atoms with E-state index < -0.39 is 0 Å². The number of aromatic nitrogens is 5. The summed E-state index contributed by atoms with van der Waals surface area (Å²) in [5, 5.41) is 13.1. The van der Waals surface area contributed by atoms with E-state index >= 15 is 0 Å². The van der Waals surface area contributed by atoms with Gasteiger partial charge in [0.25, 0.3) is 5.91 Å². The van der Waals surface area contributed by atoms with E-state index in [9.17, 15) is 9.18 Å². The Labute approximate surface area is 187 Å². The quantitative estimate of drug-likeness (QED) is 0.435. The number of carbonyl (C=O) groups is 1. The maximum atomic E-state index is 13.2. The van der Waals surface area contributed by atoms with Gasteiger partial charge in [0.05, 0.1) is 12.2 Å². The molecular formula is C22H18ClFN6O2. The first kappa shape index (κ1) is 20.3. The molecule has 32 heavy (non-hydrogen) atoms. The summed E-state index contributed by atoms with van der Waals surface area (Å²) in [7, 11) is 0. The summed E-state index contributed by atoms with van der Waals surface area (Å²) < 4.78 is 20.5. The average molecular weight is 453 g/mol. The van der Waals surface area contributed by atoms with E-state index in [1.165, 1.54) is 16.8 Å². The molecule has 0 atom stereocenters. The van der Waals surface area contributed by atoms with Crippen molar-refractivity contribution in [1.29, 1.82) is 0 Å². The van der Waals surface area contributed by atoms with Gasteiger partial charge in [-0.05, 0) is 68.3 Å². The third kappa shape index (κ3) is 4.11. The molecule has 0 aliphatic heterocycles. The Bertz CT molecular complexity index is 1260. The molecule has 0 radical (unpaired) electrons. The number of rotatable bonds is 6. The van der Waals surface area contributed by atoms with Crippen molar-refractivity contribution in [3.63, 3.8) is 0 Å². The third-order valence-electron chi connectivity index (χ3n) is 5.14. The van der Waals surface area contributed by atoms with Gasteiger partial charge in [-0.25, -0.2) is 14.1 Å². The second-order valence-corrected chi connectivity index (χ2v) is 7.98. The summed E-state index contributed by atoms with van der Waals surface area (Å²) in [5.41, 5.74) is 1.37. The topological polar surface area (TPSA) is 89.9 Å². The van der Waals surface area contributed by atoms with E-state index in [2.05, 4.69) is 20.3 Å². The highest BCUT2D eigenvalue weighted by Crippen LogP contribution is 2.30. The molecule has 0 unspecified atom stereocenters. The Hall–Kier alpha value is -3.59. The lowest BCUT2D eigenvalue weighted by atomic mass is 10.2. The highest BCUT2D eigenvalue weighted by molar-refractivity contribution is 6.30. The second kappa shape index (κ2) is 8.16. The molecule has 10 heteroatoms. The van der Waals surface area contributed by atoms with Crippen molar-refractivity contribution in [2.45, 2.75) is 32.4 Å². The van der Waals surface area contributed by atoms with E-state index in [1.54, 1.807) is 48.2 Å². The first-order chi connectivity index (χ1) is 15.5. The van der Waals surface area contributed by atoms with Crippen molar-refractivity contribution in [3.8, 4) is 17.1 Å². The Morgan fingerprint density at radius 3 is 2.56 bits per heavy atom. The zero-order valence-electron chi connectivity index (χ0n) is 17.1. The van der Waals surface area contributed by atoms with Crippen LogP contribution in [0.5, 0.6) is 0 Å². The fraction of sp³-hybridized carbons (Fsp3) is 0.227. The number of aryl methyl sites for hydroxylation is 1. The molecule has 1 fully saturated rings. The molecule has 2 aromatic heterocycles. The van der Waals surface area contributed by atoms with Crippen LogP contribution in [0.3, 0.4) is 0 Å². The minimum atomic E-state index is -0.347. The van der Waals surface area contributed by atoms with Crippen LogP contribution < -0.4 is 0 Å². The summed E-state index contributed by atoms with van der Waals surface area (Å²) in [6.07, 6.45) is 1.78. The van der Waals surface area contributed by atoms with Gasteiger partial charge in [0, 0.05) is 16.6 Å².